The van der Waals surface area contributed by atoms with E-state index in [9.17, 15) is 24.1 Å². The lowest BCUT2D eigenvalue weighted by Crippen LogP contribution is -2.31. The smallest absolute Gasteiger partial charge is 0.270 e. The van der Waals surface area contributed by atoms with Crippen molar-refractivity contribution in [1.82, 2.24) is 14.5 Å². The number of nitrogens with zero attached hydrogens (tertiary/aromatic N) is 4. The Hall–Kier alpha value is -4.60. The van der Waals surface area contributed by atoms with Crippen LogP contribution in [0.5, 0.6) is 0 Å². The summed E-state index contributed by atoms with van der Waals surface area (Å²) in [6.07, 6.45) is 1.59. The largest absolute Gasteiger partial charge is 0.378 e. The van der Waals surface area contributed by atoms with E-state index in [-0.39, 0.29) is 34.8 Å². The number of rotatable bonds is 7. The van der Waals surface area contributed by atoms with Gasteiger partial charge in [-0.15, -0.1) is 0 Å². The Balaban J connectivity index is 1.72. The first-order valence-electron chi connectivity index (χ1n) is 12.0. The van der Waals surface area contributed by atoms with Crippen LogP contribution in [0.15, 0.2) is 59.5 Å². The average molecular weight is 518 g/mol. The molecule has 1 atom stereocenters. The molecule has 4 rings (SSSR count). The number of amides is 1. The summed E-state index contributed by atoms with van der Waals surface area (Å²) >= 11 is 0. The molecular formula is C28H28FN5O4. The maximum atomic E-state index is 14.9. The number of hydrogen-bond donors (Lipinski definition) is 1. The lowest BCUT2D eigenvalue weighted by molar-refractivity contribution is -0.385. The minimum Gasteiger partial charge on any atom is -0.378 e. The molecule has 0 aliphatic carbocycles. The van der Waals surface area contributed by atoms with E-state index in [1.165, 1.54) is 34.6 Å². The van der Waals surface area contributed by atoms with Gasteiger partial charge >= 0.3 is 0 Å². The summed E-state index contributed by atoms with van der Waals surface area (Å²) in [6.45, 7) is 5.03. The lowest BCUT2D eigenvalue weighted by Gasteiger charge is -2.19. The molecule has 0 unspecified atom stereocenters. The van der Waals surface area contributed by atoms with E-state index >= 15 is 0 Å². The Morgan fingerprint density at radius 3 is 2.50 bits per heavy atom. The van der Waals surface area contributed by atoms with E-state index in [1.807, 2.05) is 31.2 Å². The van der Waals surface area contributed by atoms with Gasteiger partial charge in [-0.2, -0.15) is 0 Å². The van der Waals surface area contributed by atoms with Gasteiger partial charge in [0.25, 0.3) is 11.2 Å². The fraction of sp³-hybridized carbons (Fsp3) is 0.250. The van der Waals surface area contributed by atoms with E-state index in [0.717, 1.165) is 16.6 Å². The molecule has 0 bridgehead atoms. The number of hydrogen-bond acceptors (Lipinski definition) is 6. The number of carbonyl (C=O) groups is 1. The maximum Gasteiger partial charge on any atom is 0.270 e. The van der Waals surface area contributed by atoms with Crippen molar-refractivity contribution < 1.29 is 14.1 Å². The number of halogens is 1. The number of pyridine rings is 2. The number of non-ortho nitro benzene ring substituents is 1. The van der Waals surface area contributed by atoms with Crippen molar-refractivity contribution in [3.05, 3.63) is 97.8 Å². The van der Waals surface area contributed by atoms with Crippen LogP contribution in [-0.4, -0.2) is 39.4 Å². The van der Waals surface area contributed by atoms with Gasteiger partial charge in [0, 0.05) is 60.8 Å². The molecule has 2 heterocycles. The molecule has 196 valence electrons. The Morgan fingerprint density at radius 2 is 1.84 bits per heavy atom. The zero-order valence-electron chi connectivity index (χ0n) is 21.8. The van der Waals surface area contributed by atoms with E-state index in [1.54, 1.807) is 33.3 Å². The second-order valence-electron chi connectivity index (χ2n) is 9.50. The van der Waals surface area contributed by atoms with Gasteiger partial charge in [0.1, 0.15) is 12.4 Å². The van der Waals surface area contributed by atoms with Crippen molar-refractivity contribution in [1.29, 1.82) is 0 Å². The minimum absolute atomic E-state index is 0.0489. The SMILES string of the molecule is Cc1cc(N[C@H](C)c2cc([N+](=O)[O-])cc(C)c2F)c2cc(-c3ccn(CC(=O)N(C)C)c(=O)c3)ccc2n1. The highest BCUT2D eigenvalue weighted by molar-refractivity contribution is 5.94. The molecule has 0 saturated carbocycles. The third-order valence-electron chi connectivity index (χ3n) is 6.39. The molecule has 0 radical (unpaired) electrons. The van der Waals surface area contributed by atoms with Gasteiger partial charge in [-0.05, 0) is 61.7 Å². The van der Waals surface area contributed by atoms with E-state index < -0.39 is 16.8 Å². The number of fused-ring (bicyclic) bond motifs is 1. The molecule has 10 heteroatoms. The van der Waals surface area contributed by atoms with Crippen LogP contribution in [0, 0.1) is 29.8 Å². The summed E-state index contributed by atoms with van der Waals surface area (Å²) in [4.78, 5) is 41.5. The van der Waals surface area contributed by atoms with E-state index in [2.05, 4.69) is 10.3 Å². The van der Waals surface area contributed by atoms with Crippen LogP contribution in [-0.2, 0) is 11.3 Å². The average Bonchev–Trinajstić information content (AvgIpc) is 2.86. The molecule has 2 aromatic carbocycles. The first-order valence-corrected chi connectivity index (χ1v) is 12.0. The molecule has 0 fully saturated rings. The standard InChI is InChI=1S/C28H28FN5O4/c1-16-10-21(34(37)38)14-22(28(16)29)18(3)31-25-11-17(2)30-24-7-6-19(12-23(24)25)20-8-9-33(26(35)13-20)15-27(36)32(4)5/h6-14,18H,15H2,1-5H3,(H,30,31)/t18-/m1/s1. The second-order valence-corrected chi connectivity index (χ2v) is 9.50. The minimum atomic E-state index is -0.583. The zero-order chi connectivity index (χ0) is 27.7. The number of nitro benzene ring substituents is 1. The van der Waals surface area contributed by atoms with Gasteiger partial charge in [-0.25, -0.2) is 4.39 Å². The van der Waals surface area contributed by atoms with Crippen LogP contribution in [0.3, 0.4) is 0 Å². The Bertz CT molecular complexity index is 1630. The summed E-state index contributed by atoms with van der Waals surface area (Å²) in [5, 5.41) is 15.4. The Morgan fingerprint density at radius 1 is 1.13 bits per heavy atom. The molecule has 0 spiro atoms. The normalized spacial score (nSPS) is 11.8. The van der Waals surface area contributed by atoms with Crippen LogP contribution in [0.25, 0.3) is 22.0 Å². The molecule has 38 heavy (non-hydrogen) atoms. The Labute approximate surface area is 218 Å². The Kier molecular flexibility index (Phi) is 7.25. The number of anilines is 1. The van der Waals surface area contributed by atoms with E-state index in [4.69, 9.17) is 0 Å². The van der Waals surface area contributed by atoms with Crippen LogP contribution < -0.4 is 10.9 Å². The third kappa shape index (κ3) is 5.39. The first-order chi connectivity index (χ1) is 17.9. The number of aromatic nitrogens is 2. The number of aryl methyl sites for hydroxylation is 2. The van der Waals surface area contributed by atoms with Crippen molar-refractivity contribution in [2.75, 3.05) is 19.4 Å². The third-order valence-corrected chi connectivity index (χ3v) is 6.39. The number of likely N-dealkylation sites (N-methyl/N-ethyl adjacent to an activating group) is 1. The summed E-state index contributed by atoms with van der Waals surface area (Å²) in [5.74, 6) is -0.688. The van der Waals surface area contributed by atoms with Gasteiger partial charge in [0.15, 0.2) is 0 Å². The van der Waals surface area contributed by atoms with E-state index in [0.29, 0.717) is 16.8 Å². The van der Waals surface area contributed by atoms with Crippen LogP contribution in [0.2, 0.25) is 0 Å². The van der Waals surface area contributed by atoms with Gasteiger partial charge in [-0.1, -0.05) is 6.07 Å². The fourth-order valence-electron chi connectivity index (χ4n) is 4.27. The van der Waals surface area contributed by atoms with Crippen LogP contribution in [0.1, 0.15) is 29.8 Å². The molecule has 0 aliphatic heterocycles. The lowest BCUT2D eigenvalue weighted by atomic mass is 10.0. The second kappa shape index (κ2) is 10.4. The summed E-state index contributed by atoms with van der Waals surface area (Å²) < 4.78 is 16.3. The van der Waals surface area contributed by atoms with Crippen molar-refractivity contribution in [3.63, 3.8) is 0 Å². The zero-order valence-corrected chi connectivity index (χ0v) is 21.8. The molecule has 2 aromatic heterocycles. The molecule has 4 aromatic rings. The quantitative estimate of drug-likeness (QED) is 0.273. The summed E-state index contributed by atoms with van der Waals surface area (Å²) in [6, 6.07) is 12.5. The number of nitrogens with one attached hydrogen (secondary N) is 1. The topological polar surface area (TPSA) is 110 Å². The highest BCUT2D eigenvalue weighted by Crippen LogP contribution is 2.33. The highest BCUT2D eigenvalue weighted by atomic mass is 19.1. The molecular weight excluding hydrogens is 489 g/mol. The predicted octanol–water partition coefficient (Wildman–Crippen LogP) is 4.99. The maximum absolute atomic E-state index is 14.9. The molecule has 1 amide bonds. The highest BCUT2D eigenvalue weighted by Gasteiger charge is 2.20. The summed E-state index contributed by atoms with van der Waals surface area (Å²) in [7, 11) is 3.27. The number of benzene rings is 2. The van der Waals surface area contributed by atoms with Gasteiger partial charge < -0.3 is 14.8 Å². The summed E-state index contributed by atoms with van der Waals surface area (Å²) in [5.41, 5.74) is 3.46. The van der Waals surface area contributed by atoms with Crippen molar-refractivity contribution in [2.45, 2.75) is 33.4 Å². The predicted molar refractivity (Wildman–Crippen MR) is 145 cm³/mol. The molecule has 0 saturated heterocycles. The molecule has 9 nitrogen and oxygen atoms in total. The first kappa shape index (κ1) is 26.5. The van der Waals surface area contributed by atoms with Crippen molar-refractivity contribution in [2.24, 2.45) is 0 Å². The van der Waals surface area contributed by atoms with Gasteiger partial charge in [0.2, 0.25) is 5.91 Å². The number of nitro groups is 1. The van der Waals surface area contributed by atoms with Crippen molar-refractivity contribution >= 4 is 28.2 Å². The fourth-order valence-corrected chi connectivity index (χ4v) is 4.27. The van der Waals surface area contributed by atoms with Gasteiger partial charge in [0.05, 0.1) is 16.5 Å². The van der Waals surface area contributed by atoms with Crippen LogP contribution >= 0.6 is 0 Å². The molecule has 0 aliphatic rings. The van der Waals surface area contributed by atoms with Crippen molar-refractivity contribution in [3.8, 4) is 11.1 Å². The van der Waals surface area contributed by atoms with Crippen LogP contribution in [0.4, 0.5) is 15.8 Å². The number of carbonyl (C=O) groups excluding carboxylic acids is 1. The van der Waals surface area contributed by atoms with Gasteiger partial charge in [-0.3, -0.25) is 24.7 Å². The molecule has 1 N–H and O–H groups in total. The monoisotopic (exact) mass is 517 g/mol.